The fourth-order valence-electron chi connectivity index (χ4n) is 4.39. The first-order valence-electron chi connectivity index (χ1n) is 11.0. The molecule has 5 nitrogen and oxygen atoms in total. The van der Waals surface area contributed by atoms with Crippen molar-refractivity contribution in [1.82, 2.24) is 5.32 Å². The smallest absolute Gasteiger partial charge is 0.270 e. The molecule has 0 bridgehead atoms. The summed E-state index contributed by atoms with van der Waals surface area (Å²) in [5.74, 6) is -0.890. The molecule has 33 heavy (non-hydrogen) atoms. The quantitative estimate of drug-likeness (QED) is 0.360. The average Bonchev–Trinajstić information content (AvgIpc) is 2.83. The van der Waals surface area contributed by atoms with Crippen molar-refractivity contribution < 1.29 is 9.59 Å². The monoisotopic (exact) mass is 453 g/mol. The summed E-state index contributed by atoms with van der Waals surface area (Å²) in [4.78, 5) is 29.6. The van der Waals surface area contributed by atoms with Gasteiger partial charge in [-0.15, -0.1) is 0 Å². The van der Waals surface area contributed by atoms with E-state index in [9.17, 15) is 9.59 Å². The molecular weight excluding hydrogens is 430 g/mol. The van der Waals surface area contributed by atoms with Crippen molar-refractivity contribution in [2.45, 2.75) is 19.4 Å². The van der Waals surface area contributed by atoms with Crippen LogP contribution in [0.5, 0.6) is 0 Å². The number of para-hydroxylation sites is 1. The maximum absolute atomic E-state index is 13.2. The maximum atomic E-state index is 13.2. The van der Waals surface area contributed by atoms with Gasteiger partial charge in [0, 0.05) is 18.8 Å². The summed E-state index contributed by atoms with van der Waals surface area (Å²) in [6.07, 6.45) is 3.69. The molecule has 3 aromatic rings. The van der Waals surface area contributed by atoms with Gasteiger partial charge < -0.3 is 4.90 Å². The van der Waals surface area contributed by atoms with Gasteiger partial charge in [-0.25, -0.2) is 0 Å². The first-order valence-corrected chi connectivity index (χ1v) is 11.4. The van der Waals surface area contributed by atoms with Gasteiger partial charge in [-0.3, -0.25) is 19.8 Å². The Hall–Kier alpha value is -3.77. The first kappa shape index (κ1) is 21.1. The van der Waals surface area contributed by atoms with Gasteiger partial charge in [-0.05, 0) is 72.1 Å². The Labute approximate surface area is 198 Å². The van der Waals surface area contributed by atoms with Crippen LogP contribution in [0.15, 0.2) is 84.4 Å². The molecule has 6 heteroatoms. The topological polar surface area (TPSA) is 52.7 Å². The second kappa shape index (κ2) is 9.00. The van der Waals surface area contributed by atoms with Crippen LogP contribution in [-0.2, 0) is 22.6 Å². The maximum Gasteiger partial charge on any atom is 0.270 e. The minimum absolute atomic E-state index is 0.0735. The summed E-state index contributed by atoms with van der Waals surface area (Å²) >= 11 is 5.27. The molecule has 2 amide bonds. The molecule has 2 aliphatic heterocycles. The third-order valence-electron chi connectivity index (χ3n) is 5.96. The molecule has 5 rings (SSSR count). The lowest BCUT2D eigenvalue weighted by Gasteiger charge is -2.32. The lowest BCUT2D eigenvalue weighted by molar-refractivity contribution is -0.122. The van der Waals surface area contributed by atoms with Gasteiger partial charge in [0.15, 0.2) is 5.11 Å². The molecule has 0 spiro atoms. The lowest BCUT2D eigenvalue weighted by Crippen LogP contribution is -2.54. The van der Waals surface area contributed by atoms with E-state index in [-0.39, 0.29) is 10.7 Å². The number of hydrogen-bond donors (Lipinski definition) is 1. The van der Waals surface area contributed by atoms with Gasteiger partial charge in [0.25, 0.3) is 11.8 Å². The van der Waals surface area contributed by atoms with E-state index in [4.69, 9.17) is 12.2 Å². The Morgan fingerprint density at radius 1 is 0.939 bits per heavy atom. The number of aryl methyl sites for hydroxylation is 1. The van der Waals surface area contributed by atoms with Gasteiger partial charge in [-0.2, -0.15) is 0 Å². The van der Waals surface area contributed by atoms with Crippen LogP contribution in [0, 0.1) is 0 Å². The van der Waals surface area contributed by atoms with E-state index in [1.165, 1.54) is 21.7 Å². The molecule has 1 fully saturated rings. The minimum Gasteiger partial charge on any atom is -0.367 e. The number of nitrogens with one attached hydrogen (secondary N) is 1. The molecule has 2 aliphatic rings. The summed E-state index contributed by atoms with van der Waals surface area (Å²) in [5.41, 5.74) is 5.24. The SMILES string of the molecule is O=C1NC(=S)N(c2ccccc2)C(=O)/C1=C/c1ccc2c(c1)CCCN2Cc1ccccc1. The number of amides is 2. The van der Waals surface area contributed by atoms with Gasteiger partial charge >= 0.3 is 0 Å². The highest BCUT2D eigenvalue weighted by atomic mass is 32.1. The summed E-state index contributed by atoms with van der Waals surface area (Å²) in [5, 5.41) is 2.74. The lowest BCUT2D eigenvalue weighted by atomic mass is 9.97. The summed E-state index contributed by atoms with van der Waals surface area (Å²) in [6.45, 7) is 1.87. The number of rotatable bonds is 4. The largest absolute Gasteiger partial charge is 0.367 e. The standard InChI is InChI=1S/C27H23N3O2S/c31-25-23(26(32)30(27(33)28-25)22-11-5-2-6-12-22)17-20-13-14-24-21(16-20)10-7-15-29(24)18-19-8-3-1-4-9-19/h1-6,8-9,11-14,16-17H,7,10,15,18H2,(H,28,31,33)/b23-17+. The summed E-state index contributed by atoms with van der Waals surface area (Å²) in [6, 6.07) is 25.7. The van der Waals surface area contributed by atoms with Crippen molar-refractivity contribution in [3.8, 4) is 0 Å². The number of thiocarbonyl (C=S) groups is 1. The molecule has 0 aliphatic carbocycles. The molecule has 2 heterocycles. The van der Waals surface area contributed by atoms with Crippen LogP contribution in [-0.4, -0.2) is 23.5 Å². The zero-order valence-electron chi connectivity index (χ0n) is 18.0. The van der Waals surface area contributed by atoms with Gasteiger partial charge in [0.2, 0.25) is 0 Å². The van der Waals surface area contributed by atoms with Crippen LogP contribution in [0.1, 0.15) is 23.1 Å². The normalized spacial score (nSPS) is 17.2. The fraction of sp³-hybridized carbons (Fsp3) is 0.148. The molecular formula is C27H23N3O2S. The van der Waals surface area contributed by atoms with Crippen molar-refractivity contribution in [2.75, 3.05) is 16.3 Å². The zero-order chi connectivity index (χ0) is 22.8. The molecule has 0 unspecified atom stereocenters. The Bertz CT molecular complexity index is 1250. The number of nitrogens with zero attached hydrogens (tertiary/aromatic N) is 2. The van der Waals surface area contributed by atoms with E-state index in [0.29, 0.717) is 5.69 Å². The first-order chi connectivity index (χ1) is 16.1. The number of anilines is 2. The van der Waals surface area contributed by atoms with Crippen molar-refractivity contribution >= 4 is 46.6 Å². The predicted octanol–water partition coefficient (Wildman–Crippen LogP) is 4.47. The number of carbonyl (C=O) groups excluding carboxylic acids is 2. The molecule has 0 radical (unpaired) electrons. The van der Waals surface area contributed by atoms with Crippen molar-refractivity contribution in [3.63, 3.8) is 0 Å². The van der Waals surface area contributed by atoms with E-state index >= 15 is 0 Å². The van der Waals surface area contributed by atoms with Crippen LogP contribution in [0.3, 0.4) is 0 Å². The number of benzene rings is 3. The summed E-state index contributed by atoms with van der Waals surface area (Å²) < 4.78 is 0. The predicted molar refractivity (Wildman–Crippen MR) is 135 cm³/mol. The van der Waals surface area contributed by atoms with Crippen molar-refractivity contribution in [1.29, 1.82) is 0 Å². The zero-order valence-corrected chi connectivity index (χ0v) is 18.8. The average molecular weight is 454 g/mol. The Balaban J connectivity index is 1.44. The van der Waals surface area contributed by atoms with Gasteiger partial charge in [0.05, 0.1) is 5.69 Å². The minimum atomic E-state index is -0.472. The van der Waals surface area contributed by atoms with Gasteiger partial charge in [-0.1, -0.05) is 54.6 Å². The second-order valence-corrected chi connectivity index (χ2v) is 8.58. The van der Waals surface area contributed by atoms with E-state index in [1.54, 1.807) is 18.2 Å². The molecule has 0 saturated carbocycles. The highest BCUT2D eigenvalue weighted by molar-refractivity contribution is 7.80. The van der Waals surface area contributed by atoms with E-state index in [1.807, 2.05) is 30.3 Å². The second-order valence-electron chi connectivity index (χ2n) is 8.19. The third-order valence-corrected chi connectivity index (χ3v) is 6.25. The molecule has 1 N–H and O–H groups in total. The van der Waals surface area contributed by atoms with Crippen molar-refractivity contribution in [3.05, 3.63) is 101 Å². The molecule has 0 atom stereocenters. The van der Waals surface area contributed by atoms with E-state index in [2.05, 4.69) is 46.6 Å². The number of carbonyl (C=O) groups is 2. The Kier molecular flexibility index (Phi) is 5.75. The Morgan fingerprint density at radius 3 is 2.42 bits per heavy atom. The molecule has 1 saturated heterocycles. The van der Waals surface area contributed by atoms with E-state index in [0.717, 1.165) is 31.5 Å². The summed E-state index contributed by atoms with van der Waals surface area (Å²) in [7, 11) is 0. The van der Waals surface area contributed by atoms with Crippen LogP contribution in [0.25, 0.3) is 6.08 Å². The van der Waals surface area contributed by atoms with Crippen LogP contribution in [0.4, 0.5) is 11.4 Å². The van der Waals surface area contributed by atoms with Gasteiger partial charge in [0.1, 0.15) is 5.57 Å². The highest BCUT2D eigenvalue weighted by Gasteiger charge is 2.34. The van der Waals surface area contributed by atoms with Crippen LogP contribution in [0.2, 0.25) is 0 Å². The fourth-order valence-corrected chi connectivity index (χ4v) is 4.67. The molecule has 164 valence electrons. The van der Waals surface area contributed by atoms with E-state index < -0.39 is 11.8 Å². The highest BCUT2D eigenvalue weighted by Crippen LogP contribution is 2.30. The molecule has 0 aromatic heterocycles. The number of hydrogen-bond acceptors (Lipinski definition) is 4. The van der Waals surface area contributed by atoms with Crippen molar-refractivity contribution in [2.24, 2.45) is 0 Å². The van der Waals surface area contributed by atoms with Crippen LogP contribution >= 0.6 is 12.2 Å². The molecule has 3 aromatic carbocycles. The Morgan fingerprint density at radius 2 is 1.67 bits per heavy atom. The third kappa shape index (κ3) is 4.30. The van der Waals surface area contributed by atoms with Crippen LogP contribution < -0.4 is 15.1 Å². The number of fused-ring (bicyclic) bond motifs is 1.